The van der Waals surface area contributed by atoms with Gasteiger partial charge in [-0.2, -0.15) is 0 Å². The van der Waals surface area contributed by atoms with Crippen LogP contribution in [0.15, 0.2) is 18.3 Å². The van der Waals surface area contributed by atoms with Gasteiger partial charge in [-0.3, -0.25) is 4.98 Å². The van der Waals surface area contributed by atoms with E-state index >= 15 is 0 Å². The first-order chi connectivity index (χ1) is 9.24. The highest BCUT2D eigenvalue weighted by atomic mass is 16.5. The molecule has 0 radical (unpaired) electrons. The molecule has 2 atom stereocenters. The van der Waals surface area contributed by atoms with Crippen molar-refractivity contribution in [2.24, 2.45) is 5.41 Å². The molecule has 2 aliphatic rings. The molecule has 3 nitrogen and oxygen atoms in total. The lowest BCUT2D eigenvalue weighted by atomic mass is 9.60. The molecule has 1 aromatic rings. The number of hydrogen-bond donors (Lipinski definition) is 1. The van der Waals surface area contributed by atoms with Crippen molar-refractivity contribution in [2.45, 2.75) is 58.1 Å². The second-order valence-electron chi connectivity index (χ2n) is 6.01. The van der Waals surface area contributed by atoms with E-state index in [9.17, 15) is 0 Å². The van der Waals surface area contributed by atoms with E-state index in [4.69, 9.17) is 4.74 Å². The molecule has 2 saturated carbocycles. The maximum absolute atomic E-state index is 5.95. The molecule has 1 heterocycles. The average molecular weight is 260 g/mol. The molecule has 3 heteroatoms. The Kier molecular flexibility index (Phi) is 3.48. The molecular weight excluding hydrogens is 236 g/mol. The van der Waals surface area contributed by atoms with Gasteiger partial charge in [-0.15, -0.1) is 0 Å². The highest BCUT2D eigenvalue weighted by Crippen LogP contribution is 2.55. The molecule has 0 saturated heterocycles. The molecule has 104 valence electrons. The Labute approximate surface area is 115 Å². The van der Waals surface area contributed by atoms with Crippen LogP contribution in [0.1, 0.15) is 44.7 Å². The topological polar surface area (TPSA) is 34.1 Å². The van der Waals surface area contributed by atoms with Crippen molar-refractivity contribution in [1.29, 1.82) is 0 Å². The van der Waals surface area contributed by atoms with Crippen molar-refractivity contribution in [3.63, 3.8) is 0 Å². The van der Waals surface area contributed by atoms with Gasteiger partial charge in [-0.25, -0.2) is 0 Å². The molecule has 2 unspecified atom stereocenters. The number of nitrogens with zero attached hydrogens (tertiary/aromatic N) is 1. The quantitative estimate of drug-likeness (QED) is 0.899. The summed E-state index contributed by atoms with van der Waals surface area (Å²) in [5.74, 6) is 0. The number of rotatable bonds is 4. The summed E-state index contributed by atoms with van der Waals surface area (Å²) in [5, 5.41) is 3.68. The third kappa shape index (κ3) is 2.25. The van der Waals surface area contributed by atoms with E-state index in [0.29, 0.717) is 17.6 Å². The largest absolute Gasteiger partial charge is 0.380 e. The second-order valence-corrected chi connectivity index (χ2v) is 6.01. The molecule has 1 spiro atoms. The summed E-state index contributed by atoms with van der Waals surface area (Å²) in [5.41, 5.74) is 2.61. The van der Waals surface area contributed by atoms with Crippen molar-refractivity contribution in [2.75, 3.05) is 11.9 Å². The number of hydrogen-bond acceptors (Lipinski definition) is 3. The van der Waals surface area contributed by atoms with Gasteiger partial charge in [0.05, 0.1) is 18.0 Å². The predicted octanol–water partition coefficient (Wildman–Crippen LogP) is 3.54. The normalized spacial score (nSPS) is 28.3. The molecule has 2 fully saturated rings. The van der Waals surface area contributed by atoms with Crippen molar-refractivity contribution < 1.29 is 4.74 Å². The molecule has 0 bridgehead atoms. The van der Waals surface area contributed by atoms with Gasteiger partial charge in [0, 0.05) is 23.8 Å². The Hall–Kier alpha value is -1.09. The van der Waals surface area contributed by atoms with Gasteiger partial charge in [0.25, 0.3) is 0 Å². The Morgan fingerprint density at radius 1 is 1.37 bits per heavy atom. The molecule has 2 aliphatic carbocycles. The van der Waals surface area contributed by atoms with Crippen LogP contribution in [0.25, 0.3) is 0 Å². The number of anilines is 1. The zero-order valence-electron chi connectivity index (χ0n) is 12.0. The van der Waals surface area contributed by atoms with Crippen molar-refractivity contribution >= 4 is 5.69 Å². The zero-order valence-corrected chi connectivity index (χ0v) is 12.0. The highest BCUT2D eigenvalue weighted by molar-refractivity contribution is 5.44. The van der Waals surface area contributed by atoms with Crippen molar-refractivity contribution in [3.05, 3.63) is 24.0 Å². The number of aryl methyl sites for hydroxylation is 1. The van der Waals surface area contributed by atoms with E-state index in [2.05, 4.69) is 29.4 Å². The molecule has 0 aliphatic heterocycles. The highest BCUT2D eigenvalue weighted by Gasteiger charge is 2.56. The van der Waals surface area contributed by atoms with Crippen LogP contribution in [0, 0.1) is 12.3 Å². The fourth-order valence-corrected chi connectivity index (χ4v) is 3.84. The standard InChI is InChI=1S/C16H24N2O/c1-3-19-15-10-14(16(15)8-4-5-9-16)18-13-7-6-12(2)17-11-13/h6-7,11,14-15,18H,3-5,8-10H2,1-2H3. The molecule has 3 rings (SSSR count). The first-order valence-corrected chi connectivity index (χ1v) is 7.55. The maximum atomic E-state index is 5.95. The average Bonchev–Trinajstić information content (AvgIpc) is 2.92. The van der Waals surface area contributed by atoms with E-state index in [1.165, 1.54) is 25.7 Å². The van der Waals surface area contributed by atoms with Crippen LogP contribution in [0.3, 0.4) is 0 Å². The lowest BCUT2D eigenvalue weighted by molar-refractivity contribution is -0.114. The number of ether oxygens (including phenoxy) is 1. The van der Waals surface area contributed by atoms with Gasteiger partial charge < -0.3 is 10.1 Å². The lowest BCUT2D eigenvalue weighted by Gasteiger charge is -2.54. The Bertz CT molecular complexity index is 423. The van der Waals surface area contributed by atoms with E-state index < -0.39 is 0 Å². The number of aromatic nitrogens is 1. The summed E-state index contributed by atoms with van der Waals surface area (Å²) >= 11 is 0. The third-order valence-corrected chi connectivity index (χ3v) is 4.94. The molecule has 1 N–H and O–H groups in total. The molecule has 0 aromatic carbocycles. The van der Waals surface area contributed by atoms with Crippen LogP contribution in [0.4, 0.5) is 5.69 Å². The van der Waals surface area contributed by atoms with Gasteiger partial charge in [0.15, 0.2) is 0 Å². The fourth-order valence-electron chi connectivity index (χ4n) is 3.84. The maximum Gasteiger partial charge on any atom is 0.0670 e. The summed E-state index contributed by atoms with van der Waals surface area (Å²) in [6, 6.07) is 4.78. The minimum atomic E-state index is 0.390. The van der Waals surface area contributed by atoms with E-state index in [0.717, 1.165) is 24.4 Å². The Morgan fingerprint density at radius 2 is 2.16 bits per heavy atom. The third-order valence-electron chi connectivity index (χ3n) is 4.94. The van der Waals surface area contributed by atoms with Crippen LogP contribution in [0.5, 0.6) is 0 Å². The zero-order chi connectivity index (χ0) is 13.3. The van der Waals surface area contributed by atoms with E-state index in [1.807, 2.05) is 13.1 Å². The first-order valence-electron chi connectivity index (χ1n) is 7.55. The smallest absolute Gasteiger partial charge is 0.0670 e. The first kappa shape index (κ1) is 12.9. The summed E-state index contributed by atoms with van der Waals surface area (Å²) < 4.78 is 5.95. The summed E-state index contributed by atoms with van der Waals surface area (Å²) in [4.78, 5) is 4.37. The van der Waals surface area contributed by atoms with Crippen molar-refractivity contribution in [1.82, 2.24) is 4.98 Å². The van der Waals surface area contributed by atoms with Gasteiger partial charge in [-0.1, -0.05) is 12.8 Å². The monoisotopic (exact) mass is 260 g/mol. The minimum Gasteiger partial charge on any atom is -0.380 e. The second kappa shape index (κ2) is 5.12. The molecule has 1 aromatic heterocycles. The Morgan fingerprint density at radius 3 is 2.79 bits per heavy atom. The van der Waals surface area contributed by atoms with Gasteiger partial charge in [-0.05, 0) is 45.2 Å². The summed E-state index contributed by atoms with van der Waals surface area (Å²) in [6.07, 6.45) is 8.90. The van der Waals surface area contributed by atoms with Crippen molar-refractivity contribution in [3.8, 4) is 0 Å². The fraction of sp³-hybridized carbons (Fsp3) is 0.688. The van der Waals surface area contributed by atoms with Crippen LogP contribution >= 0.6 is 0 Å². The van der Waals surface area contributed by atoms with Gasteiger partial charge in [0.2, 0.25) is 0 Å². The number of nitrogens with one attached hydrogen (secondary N) is 1. The summed E-state index contributed by atoms with van der Waals surface area (Å²) in [6.45, 7) is 4.97. The van der Waals surface area contributed by atoms with Crippen LogP contribution in [-0.4, -0.2) is 23.7 Å². The molecular formula is C16H24N2O. The SMILES string of the molecule is CCOC1CC(Nc2ccc(C)nc2)C12CCCC2. The number of pyridine rings is 1. The lowest BCUT2D eigenvalue weighted by Crippen LogP contribution is -2.60. The predicted molar refractivity (Wildman–Crippen MR) is 77.3 cm³/mol. The van der Waals surface area contributed by atoms with Gasteiger partial charge >= 0.3 is 0 Å². The molecule has 0 amide bonds. The minimum absolute atomic E-state index is 0.390. The van der Waals surface area contributed by atoms with E-state index in [-0.39, 0.29) is 0 Å². The molecule has 19 heavy (non-hydrogen) atoms. The summed E-state index contributed by atoms with van der Waals surface area (Å²) in [7, 11) is 0. The Balaban J connectivity index is 1.70. The van der Waals surface area contributed by atoms with Crippen LogP contribution in [-0.2, 0) is 4.74 Å². The van der Waals surface area contributed by atoms with Crippen LogP contribution < -0.4 is 5.32 Å². The van der Waals surface area contributed by atoms with Crippen LogP contribution in [0.2, 0.25) is 0 Å². The van der Waals surface area contributed by atoms with E-state index in [1.54, 1.807) is 0 Å². The van der Waals surface area contributed by atoms with Gasteiger partial charge in [0.1, 0.15) is 0 Å².